The molecular formula is C13H11Na2O7PS2. The molecule has 0 aliphatic rings. The third-order valence-electron chi connectivity index (χ3n) is 3.20. The Morgan fingerprint density at radius 1 is 0.760 bits per heavy atom. The first-order valence-electron chi connectivity index (χ1n) is 6.13. The van der Waals surface area contributed by atoms with Crippen LogP contribution in [0.15, 0.2) is 58.3 Å². The molecule has 25 heavy (non-hydrogen) atoms. The maximum Gasteiger partial charge on any atom is 1.00 e. The summed E-state index contributed by atoms with van der Waals surface area (Å²) in [7, 11) is -12.8. The van der Waals surface area contributed by atoms with Gasteiger partial charge in [-0.3, -0.25) is 0 Å². The summed E-state index contributed by atoms with van der Waals surface area (Å²) < 4.78 is 79.4. The average Bonchev–Trinajstić information content (AvgIpc) is 2.46. The minimum absolute atomic E-state index is 0. The monoisotopic (exact) mass is 420 g/mol. The Morgan fingerprint density at radius 2 is 1.08 bits per heavy atom. The third-order valence-corrected chi connectivity index (χ3v) is 7.39. The van der Waals surface area contributed by atoms with Gasteiger partial charge < -0.3 is 13.7 Å². The van der Waals surface area contributed by atoms with Gasteiger partial charge in [-0.25, -0.2) is 16.8 Å². The first kappa shape index (κ1) is 25.5. The molecule has 0 atom stereocenters. The van der Waals surface area contributed by atoms with Gasteiger partial charge in [0.25, 0.3) is 0 Å². The summed E-state index contributed by atoms with van der Waals surface area (Å²) >= 11 is 0. The van der Waals surface area contributed by atoms with Crippen LogP contribution in [-0.4, -0.2) is 32.6 Å². The van der Waals surface area contributed by atoms with E-state index in [0.717, 1.165) is 24.3 Å². The summed E-state index contributed by atoms with van der Waals surface area (Å²) in [4.78, 5) is -1.07. The van der Waals surface area contributed by atoms with Crippen molar-refractivity contribution in [2.75, 3.05) is 6.66 Å². The van der Waals surface area contributed by atoms with Crippen molar-refractivity contribution in [2.45, 2.75) is 9.79 Å². The van der Waals surface area contributed by atoms with Crippen LogP contribution < -0.4 is 69.7 Å². The van der Waals surface area contributed by atoms with Gasteiger partial charge in [0, 0.05) is 10.6 Å². The van der Waals surface area contributed by atoms with Gasteiger partial charge in [-0.15, -0.1) is 0 Å². The van der Waals surface area contributed by atoms with E-state index in [1.54, 1.807) is 0 Å². The van der Waals surface area contributed by atoms with Crippen molar-refractivity contribution >= 4 is 38.0 Å². The van der Waals surface area contributed by atoms with Gasteiger partial charge in [0.05, 0.1) is 9.79 Å². The van der Waals surface area contributed by atoms with Crippen LogP contribution in [0.25, 0.3) is 0 Å². The summed E-state index contributed by atoms with van der Waals surface area (Å²) in [5.41, 5.74) is 0. The minimum atomic E-state index is -4.72. The predicted octanol–water partition coefficient (Wildman–Crippen LogP) is -5.55. The molecule has 2 aromatic carbocycles. The molecular weight excluding hydrogens is 409 g/mol. The predicted molar refractivity (Wildman–Crippen MR) is 81.6 cm³/mol. The van der Waals surface area contributed by atoms with Gasteiger partial charge in [-0.05, 0) is 30.9 Å². The van der Waals surface area contributed by atoms with Gasteiger partial charge in [-0.1, -0.05) is 24.3 Å². The molecule has 0 heterocycles. The zero-order valence-electron chi connectivity index (χ0n) is 13.7. The molecule has 0 spiro atoms. The Hall–Kier alpha value is 0.490. The molecule has 0 aliphatic heterocycles. The number of benzene rings is 2. The second-order valence-corrected chi connectivity index (χ2v) is 10.5. The summed E-state index contributed by atoms with van der Waals surface area (Å²) in [5.74, 6) is 0. The van der Waals surface area contributed by atoms with Crippen molar-refractivity contribution in [3.05, 3.63) is 48.5 Å². The van der Waals surface area contributed by atoms with Crippen LogP contribution in [0.5, 0.6) is 0 Å². The van der Waals surface area contributed by atoms with Crippen molar-refractivity contribution < 1.29 is 89.6 Å². The van der Waals surface area contributed by atoms with Crippen LogP contribution in [0.1, 0.15) is 0 Å². The van der Waals surface area contributed by atoms with E-state index in [4.69, 9.17) is 0 Å². The topological polar surface area (TPSA) is 131 Å². The maximum atomic E-state index is 13.0. The molecule has 0 saturated carbocycles. The Kier molecular flexibility index (Phi) is 9.30. The Morgan fingerprint density at radius 3 is 1.36 bits per heavy atom. The standard InChI is InChI=1S/C13H13O7PS2.2Na/c1-21(14,10-4-2-6-12(8-10)22(15,16)17)11-5-3-7-13(9-11)23(18,19)20;;/h2-9H,1H3,(H,15,16,17)(H,18,19,20);;/q;2*+1/p-2. The fourth-order valence-electron chi connectivity index (χ4n) is 1.96. The molecule has 0 aliphatic carbocycles. The molecule has 0 aromatic heterocycles. The van der Waals surface area contributed by atoms with Crippen molar-refractivity contribution in [1.29, 1.82) is 0 Å². The Labute approximate surface area is 190 Å². The molecule has 12 heteroatoms. The fourth-order valence-corrected chi connectivity index (χ4v) is 4.98. The molecule has 124 valence electrons. The fraction of sp³-hybridized carbons (Fsp3) is 0.0769. The molecule has 0 saturated heterocycles. The first-order chi connectivity index (χ1) is 10.4. The van der Waals surface area contributed by atoms with Crippen LogP contribution in [0.4, 0.5) is 0 Å². The maximum absolute atomic E-state index is 13.0. The van der Waals surface area contributed by atoms with E-state index >= 15 is 0 Å². The Balaban J connectivity index is 0.00000288. The average molecular weight is 420 g/mol. The molecule has 0 bridgehead atoms. The van der Waals surface area contributed by atoms with E-state index in [-0.39, 0.29) is 69.7 Å². The quantitative estimate of drug-likeness (QED) is 0.274. The molecule has 2 aromatic rings. The summed E-state index contributed by atoms with van der Waals surface area (Å²) in [5, 5.41) is 0.129. The van der Waals surface area contributed by atoms with Gasteiger partial charge in [0.1, 0.15) is 27.4 Å². The van der Waals surface area contributed by atoms with Crippen LogP contribution in [0.2, 0.25) is 0 Å². The minimum Gasteiger partial charge on any atom is -0.744 e. The third kappa shape index (κ3) is 6.26. The van der Waals surface area contributed by atoms with E-state index in [1.165, 1.54) is 30.9 Å². The molecule has 0 fully saturated rings. The molecule has 0 unspecified atom stereocenters. The van der Waals surface area contributed by atoms with Crippen LogP contribution in [0, 0.1) is 0 Å². The smallest absolute Gasteiger partial charge is 0.744 e. The van der Waals surface area contributed by atoms with Crippen LogP contribution in [0.3, 0.4) is 0 Å². The van der Waals surface area contributed by atoms with E-state index in [0.29, 0.717) is 0 Å². The van der Waals surface area contributed by atoms with Crippen LogP contribution in [-0.2, 0) is 24.8 Å². The summed E-state index contributed by atoms with van der Waals surface area (Å²) in [6.07, 6.45) is 0. The van der Waals surface area contributed by atoms with E-state index in [1.807, 2.05) is 0 Å². The molecule has 7 nitrogen and oxygen atoms in total. The normalized spacial score (nSPS) is 12.0. The van der Waals surface area contributed by atoms with E-state index in [9.17, 15) is 30.5 Å². The number of hydrogen-bond donors (Lipinski definition) is 0. The van der Waals surface area contributed by atoms with Crippen molar-refractivity contribution in [3.63, 3.8) is 0 Å². The Bertz CT molecular complexity index is 941. The summed E-state index contributed by atoms with van der Waals surface area (Å²) in [6, 6.07) is 9.40. The van der Waals surface area contributed by atoms with Crippen molar-refractivity contribution in [2.24, 2.45) is 0 Å². The molecule has 0 amide bonds. The van der Waals surface area contributed by atoms with Crippen molar-refractivity contribution in [1.82, 2.24) is 0 Å². The van der Waals surface area contributed by atoms with Gasteiger partial charge in [-0.2, -0.15) is 0 Å². The van der Waals surface area contributed by atoms with E-state index in [2.05, 4.69) is 0 Å². The van der Waals surface area contributed by atoms with Gasteiger partial charge >= 0.3 is 59.1 Å². The zero-order chi connectivity index (χ0) is 17.5. The molecule has 0 N–H and O–H groups in total. The second kappa shape index (κ2) is 9.12. The first-order valence-corrected chi connectivity index (χ1v) is 11.1. The van der Waals surface area contributed by atoms with E-state index < -0.39 is 37.2 Å². The van der Waals surface area contributed by atoms with Crippen molar-refractivity contribution in [3.8, 4) is 0 Å². The largest absolute Gasteiger partial charge is 1.00 e. The molecule has 2 rings (SSSR count). The number of rotatable bonds is 4. The van der Waals surface area contributed by atoms with Gasteiger partial charge in [0.2, 0.25) is 0 Å². The SMILES string of the molecule is CP(=O)(c1cccc(S(=O)(=O)[O-])c1)c1cccc(S(=O)(=O)[O-])c1.[Na+].[Na+]. The summed E-state index contributed by atoms with van der Waals surface area (Å²) in [6.45, 7) is 1.29. The zero-order valence-corrected chi connectivity index (χ0v) is 20.3. The van der Waals surface area contributed by atoms with Crippen LogP contribution >= 0.6 is 7.14 Å². The van der Waals surface area contributed by atoms with Gasteiger partial charge in [0.15, 0.2) is 0 Å². The second-order valence-electron chi connectivity index (χ2n) is 4.83. The molecule has 0 radical (unpaired) electrons. The number of hydrogen-bond acceptors (Lipinski definition) is 7.